The van der Waals surface area contributed by atoms with E-state index in [1.807, 2.05) is 14.1 Å². The van der Waals surface area contributed by atoms with Crippen molar-refractivity contribution in [2.24, 2.45) is 17.6 Å². The molecule has 1 rings (SSSR count). The van der Waals surface area contributed by atoms with Crippen LogP contribution in [0.5, 0.6) is 0 Å². The maximum Gasteiger partial charge on any atom is 0.237 e. The molecule has 0 bridgehead atoms. The molecule has 82 valence electrons. The summed E-state index contributed by atoms with van der Waals surface area (Å²) in [7, 11) is 3.66. The van der Waals surface area contributed by atoms with Crippen LogP contribution in [0.15, 0.2) is 0 Å². The van der Waals surface area contributed by atoms with Crippen molar-refractivity contribution in [2.45, 2.75) is 32.2 Å². The van der Waals surface area contributed by atoms with Gasteiger partial charge in [0.2, 0.25) is 5.91 Å². The maximum absolute atomic E-state index is 11.7. The minimum Gasteiger partial charge on any atom is -0.328 e. The first-order valence-corrected chi connectivity index (χ1v) is 5.24. The van der Waals surface area contributed by atoms with E-state index in [1.165, 1.54) is 0 Å². The SMILES string of the molecule is CC1CC(N)CCC1C(=O)NN(C)C. The molecule has 0 aromatic rings. The van der Waals surface area contributed by atoms with E-state index in [0.717, 1.165) is 19.3 Å². The first-order chi connectivity index (χ1) is 6.50. The first-order valence-electron chi connectivity index (χ1n) is 5.24. The molecule has 0 heterocycles. The van der Waals surface area contributed by atoms with Gasteiger partial charge in [-0.25, -0.2) is 5.01 Å². The molecule has 0 aromatic heterocycles. The molecule has 3 unspecified atom stereocenters. The van der Waals surface area contributed by atoms with E-state index in [0.29, 0.717) is 5.92 Å². The molecular formula is C10H21N3O. The van der Waals surface area contributed by atoms with E-state index in [1.54, 1.807) is 5.01 Å². The molecule has 3 atom stereocenters. The smallest absolute Gasteiger partial charge is 0.237 e. The van der Waals surface area contributed by atoms with E-state index >= 15 is 0 Å². The van der Waals surface area contributed by atoms with Crippen LogP contribution in [0, 0.1) is 11.8 Å². The molecule has 0 aromatic carbocycles. The fourth-order valence-corrected chi connectivity index (χ4v) is 2.13. The van der Waals surface area contributed by atoms with Crippen LogP contribution in [0.1, 0.15) is 26.2 Å². The van der Waals surface area contributed by atoms with Gasteiger partial charge in [-0.3, -0.25) is 10.2 Å². The highest BCUT2D eigenvalue weighted by molar-refractivity contribution is 5.78. The summed E-state index contributed by atoms with van der Waals surface area (Å²) in [4.78, 5) is 11.7. The van der Waals surface area contributed by atoms with Crippen LogP contribution in [0.2, 0.25) is 0 Å². The minimum absolute atomic E-state index is 0.134. The number of hydrogen-bond acceptors (Lipinski definition) is 3. The van der Waals surface area contributed by atoms with Gasteiger partial charge < -0.3 is 5.73 Å². The number of carbonyl (C=O) groups is 1. The molecule has 1 aliphatic carbocycles. The Morgan fingerprint density at radius 2 is 2.07 bits per heavy atom. The summed E-state index contributed by atoms with van der Waals surface area (Å²) in [5.41, 5.74) is 8.66. The lowest BCUT2D eigenvalue weighted by Gasteiger charge is -2.32. The molecule has 1 aliphatic rings. The molecule has 1 fully saturated rings. The number of nitrogens with two attached hydrogens (primary N) is 1. The highest BCUT2D eigenvalue weighted by Gasteiger charge is 2.30. The third-order valence-electron chi connectivity index (χ3n) is 2.88. The van der Waals surface area contributed by atoms with Crippen LogP contribution in [-0.2, 0) is 4.79 Å². The van der Waals surface area contributed by atoms with Crippen molar-refractivity contribution in [3.05, 3.63) is 0 Å². The molecule has 0 aliphatic heterocycles. The standard InChI is InChI=1S/C10H21N3O/c1-7-6-8(11)4-5-9(7)10(14)12-13(2)3/h7-9H,4-6,11H2,1-3H3,(H,12,14). The second-order valence-electron chi connectivity index (χ2n) is 4.53. The largest absolute Gasteiger partial charge is 0.328 e. The molecule has 4 nitrogen and oxygen atoms in total. The highest BCUT2D eigenvalue weighted by Crippen LogP contribution is 2.29. The Balaban J connectivity index is 2.47. The van der Waals surface area contributed by atoms with Crippen molar-refractivity contribution in [2.75, 3.05) is 14.1 Å². The molecule has 1 saturated carbocycles. The number of rotatable bonds is 2. The molecule has 0 saturated heterocycles. The summed E-state index contributed by atoms with van der Waals surface area (Å²) in [6.45, 7) is 2.11. The lowest BCUT2D eigenvalue weighted by Crippen LogP contribution is -2.45. The first kappa shape index (κ1) is 11.5. The maximum atomic E-state index is 11.7. The van der Waals surface area contributed by atoms with Crippen molar-refractivity contribution < 1.29 is 4.79 Å². The van der Waals surface area contributed by atoms with Crippen molar-refractivity contribution >= 4 is 5.91 Å². The third kappa shape index (κ3) is 2.96. The zero-order chi connectivity index (χ0) is 10.7. The lowest BCUT2D eigenvalue weighted by atomic mass is 9.78. The van der Waals surface area contributed by atoms with Crippen LogP contribution >= 0.6 is 0 Å². The fourth-order valence-electron chi connectivity index (χ4n) is 2.13. The molecule has 0 spiro atoms. The number of amides is 1. The molecule has 1 amide bonds. The summed E-state index contributed by atoms with van der Waals surface area (Å²) in [6, 6.07) is 0.286. The topological polar surface area (TPSA) is 58.4 Å². The Kier molecular flexibility index (Phi) is 3.89. The lowest BCUT2D eigenvalue weighted by molar-refractivity contribution is -0.131. The average molecular weight is 199 g/mol. The molecular weight excluding hydrogens is 178 g/mol. The van der Waals surface area contributed by atoms with Crippen molar-refractivity contribution in [1.82, 2.24) is 10.4 Å². The normalized spacial score (nSPS) is 33.1. The summed E-state index contributed by atoms with van der Waals surface area (Å²) < 4.78 is 0. The van der Waals surface area contributed by atoms with Gasteiger partial charge in [0.15, 0.2) is 0 Å². The zero-order valence-electron chi connectivity index (χ0n) is 9.29. The van der Waals surface area contributed by atoms with Crippen molar-refractivity contribution in [3.8, 4) is 0 Å². The Labute approximate surface area is 85.8 Å². The van der Waals surface area contributed by atoms with Gasteiger partial charge in [0.25, 0.3) is 0 Å². The van der Waals surface area contributed by atoms with Crippen LogP contribution in [0.25, 0.3) is 0 Å². The predicted octanol–water partition coefficient (Wildman–Crippen LogP) is 0.343. The summed E-state index contributed by atoms with van der Waals surface area (Å²) in [5.74, 6) is 0.672. The molecule has 4 heteroatoms. The van der Waals surface area contributed by atoms with Gasteiger partial charge in [0, 0.05) is 26.1 Å². The number of hydrogen-bond donors (Lipinski definition) is 2. The van der Waals surface area contributed by atoms with Gasteiger partial charge in [0.05, 0.1) is 0 Å². The van der Waals surface area contributed by atoms with E-state index in [9.17, 15) is 4.79 Å². The van der Waals surface area contributed by atoms with Crippen LogP contribution < -0.4 is 11.2 Å². The number of carbonyl (C=O) groups excluding carboxylic acids is 1. The van der Waals surface area contributed by atoms with Crippen molar-refractivity contribution in [3.63, 3.8) is 0 Å². The molecule has 3 N–H and O–H groups in total. The number of hydrazine groups is 1. The molecule has 14 heavy (non-hydrogen) atoms. The van der Waals surface area contributed by atoms with Gasteiger partial charge in [-0.15, -0.1) is 0 Å². The minimum atomic E-state index is 0.134. The van der Waals surface area contributed by atoms with Crippen LogP contribution in [0.4, 0.5) is 0 Å². The van der Waals surface area contributed by atoms with E-state index in [4.69, 9.17) is 5.73 Å². The fraction of sp³-hybridized carbons (Fsp3) is 0.900. The Morgan fingerprint density at radius 3 is 2.57 bits per heavy atom. The van der Waals surface area contributed by atoms with Gasteiger partial charge >= 0.3 is 0 Å². The Hall–Kier alpha value is -0.610. The van der Waals surface area contributed by atoms with Crippen LogP contribution in [0.3, 0.4) is 0 Å². The van der Waals surface area contributed by atoms with Crippen molar-refractivity contribution in [1.29, 1.82) is 0 Å². The number of nitrogens with zero attached hydrogens (tertiary/aromatic N) is 1. The second-order valence-corrected chi connectivity index (χ2v) is 4.53. The average Bonchev–Trinajstić information content (AvgIpc) is 2.01. The quantitative estimate of drug-likeness (QED) is 0.631. The zero-order valence-corrected chi connectivity index (χ0v) is 9.29. The van der Waals surface area contributed by atoms with Gasteiger partial charge in [-0.05, 0) is 25.2 Å². The Morgan fingerprint density at radius 1 is 1.43 bits per heavy atom. The third-order valence-corrected chi connectivity index (χ3v) is 2.88. The number of nitrogens with one attached hydrogen (secondary N) is 1. The van der Waals surface area contributed by atoms with Gasteiger partial charge in [-0.2, -0.15) is 0 Å². The summed E-state index contributed by atoms with van der Waals surface area (Å²) >= 11 is 0. The Bertz CT molecular complexity index is 206. The van der Waals surface area contributed by atoms with E-state index in [-0.39, 0.29) is 17.9 Å². The predicted molar refractivity (Wildman–Crippen MR) is 56.3 cm³/mol. The summed E-state index contributed by atoms with van der Waals surface area (Å²) in [5, 5.41) is 1.70. The van der Waals surface area contributed by atoms with E-state index < -0.39 is 0 Å². The van der Waals surface area contributed by atoms with Gasteiger partial charge in [-0.1, -0.05) is 6.92 Å². The monoisotopic (exact) mass is 199 g/mol. The highest BCUT2D eigenvalue weighted by atomic mass is 16.2. The summed E-state index contributed by atoms with van der Waals surface area (Å²) in [6.07, 6.45) is 2.85. The molecule has 0 radical (unpaired) electrons. The van der Waals surface area contributed by atoms with Gasteiger partial charge in [0.1, 0.15) is 0 Å². The van der Waals surface area contributed by atoms with Crippen LogP contribution in [-0.4, -0.2) is 31.1 Å². The van der Waals surface area contributed by atoms with E-state index in [2.05, 4.69) is 12.3 Å². The second kappa shape index (κ2) is 4.75.